The number of carbonyl (C=O) groups excluding carboxylic acids is 1. The van der Waals surface area contributed by atoms with Crippen LogP contribution in [0.15, 0.2) is 61.2 Å². The lowest BCUT2D eigenvalue weighted by atomic mass is 10.2. The zero-order valence-electron chi connectivity index (χ0n) is 12.8. The van der Waals surface area contributed by atoms with Crippen LogP contribution in [-0.2, 0) is 14.3 Å². The number of hydrogen-bond acceptors (Lipinski definition) is 3. The highest BCUT2D eigenvalue weighted by Crippen LogP contribution is 2.00. The van der Waals surface area contributed by atoms with Crippen molar-refractivity contribution < 1.29 is 19.4 Å². The van der Waals surface area contributed by atoms with E-state index in [4.69, 9.17) is 9.84 Å². The topological polar surface area (TPSA) is 63.6 Å². The summed E-state index contributed by atoms with van der Waals surface area (Å²) >= 11 is 0. The Bertz CT molecular complexity index is 501. The Labute approximate surface area is 131 Å². The average Bonchev–Trinajstić information content (AvgIpc) is 2.53. The van der Waals surface area contributed by atoms with Crippen molar-refractivity contribution in [2.24, 2.45) is 0 Å². The van der Waals surface area contributed by atoms with Crippen LogP contribution in [0.5, 0.6) is 0 Å². The molecule has 1 N–H and O–H groups in total. The lowest BCUT2D eigenvalue weighted by Crippen LogP contribution is -2.01. The van der Waals surface area contributed by atoms with E-state index in [1.54, 1.807) is 6.08 Å². The van der Waals surface area contributed by atoms with Gasteiger partial charge in [0.1, 0.15) is 0 Å². The minimum atomic E-state index is -0.981. The van der Waals surface area contributed by atoms with E-state index < -0.39 is 5.97 Å². The van der Waals surface area contributed by atoms with Gasteiger partial charge in [-0.3, -0.25) is 0 Å². The van der Waals surface area contributed by atoms with E-state index in [1.807, 2.05) is 42.5 Å². The highest BCUT2D eigenvalue weighted by atomic mass is 16.5. The van der Waals surface area contributed by atoms with Crippen LogP contribution in [0.4, 0.5) is 0 Å². The van der Waals surface area contributed by atoms with Crippen LogP contribution in [0.25, 0.3) is 6.08 Å². The lowest BCUT2D eigenvalue weighted by molar-refractivity contribution is -0.138. The van der Waals surface area contributed by atoms with Crippen molar-refractivity contribution >= 4 is 18.0 Å². The summed E-state index contributed by atoms with van der Waals surface area (Å²) in [5.74, 6) is -1.26. The first-order valence-corrected chi connectivity index (χ1v) is 7.02. The van der Waals surface area contributed by atoms with Crippen molar-refractivity contribution in [2.75, 3.05) is 6.61 Å². The molecule has 0 aromatic heterocycles. The molecule has 0 radical (unpaired) electrons. The quantitative estimate of drug-likeness (QED) is 0.359. The van der Waals surface area contributed by atoms with Gasteiger partial charge in [-0.25, -0.2) is 9.59 Å². The highest BCUT2D eigenvalue weighted by Gasteiger charge is 1.93. The Morgan fingerprint density at radius 1 is 1.23 bits per heavy atom. The van der Waals surface area contributed by atoms with Crippen molar-refractivity contribution in [2.45, 2.75) is 19.8 Å². The second kappa shape index (κ2) is 13.4. The molecule has 4 heteroatoms. The second-order valence-electron chi connectivity index (χ2n) is 4.19. The van der Waals surface area contributed by atoms with E-state index in [9.17, 15) is 9.59 Å². The average molecular weight is 302 g/mol. The molecule has 0 aliphatic rings. The van der Waals surface area contributed by atoms with Crippen molar-refractivity contribution in [3.63, 3.8) is 0 Å². The van der Waals surface area contributed by atoms with Gasteiger partial charge in [0, 0.05) is 12.2 Å². The number of carbonyl (C=O) groups is 2. The van der Waals surface area contributed by atoms with Crippen LogP contribution in [0, 0.1) is 0 Å². The minimum absolute atomic E-state index is 0.281. The molecule has 4 nitrogen and oxygen atoms in total. The number of carboxylic acids is 1. The predicted octanol–water partition coefficient (Wildman–Crippen LogP) is 3.86. The molecule has 22 heavy (non-hydrogen) atoms. The molecule has 0 saturated carbocycles. The zero-order valence-corrected chi connectivity index (χ0v) is 12.8. The molecule has 1 rings (SSSR count). The zero-order chi connectivity index (χ0) is 16.6. The van der Waals surface area contributed by atoms with Crippen LogP contribution in [0.3, 0.4) is 0 Å². The van der Waals surface area contributed by atoms with E-state index in [-0.39, 0.29) is 5.97 Å². The lowest BCUT2D eigenvalue weighted by Gasteiger charge is -1.98. The number of ether oxygens (including phenoxy) is 1. The number of hydrogen-bond donors (Lipinski definition) is 1. The van der Waals surface area contributed by atoms with E-state index in [2.05, 4.69) is 13.5 Å². The molecule has 0 saturated heterocycles. The van der Waals surface area contributed by atoms with Crippen LogP contribution < -0.4 is 0 Å². The maximum atomic E-state index is 11.2. The highest BCUT2D eigenvalue weighted by molar-refractivity contribution is 5.82. The van der Waals surface area contributed by atoms with Gasteiger partial charge in [0.15, 0.2) is 0 Å². The third kappa shape index (κ3) is 12.4. The summed E-state index contributed by atoms with van der Waals surface area (Å²) in [5, 5.41) is 7.60. The summed E-state index contributed by atoms with van der Waals surface area (Å²) in [5.41, 5.74) is 1.11. The summed E-state index contributed by atoms with van der Waals surface area (Å²) in [7, 11) is 0. The molecule has 1 aromatic carbocycles. The standard InChI is InChI=1S/C15H18O2.C3H4O2/c1-2-3-13-17-15(16)12-8-7-11-14-9-5-4-6-10-14;1-2-3(4)5/h4-12H,2-3,13H2,1H3;2H,1H2,(H,4,5). The minimum Gasteiger partial charge on any atom is -0.478 e. The normalized spacial score (nSPS) is 10.0. The maximum absolute atomic E-state index is 11.2. The second-order valence-corrected chi connectivity index (χ2v) is 4.19. The molecular weight excluding hydrogens is 280 g/mol. The first-order chi connectivity index (χ1) is 10.6. The molecule has 0 aliphatic heterocycles. The monoisotopic (exact) mass is 302 g/mol. The van der Waals surface area contributed by atoms with Gasteiger partial charge in [0.2, 0.25) is 0 Å². The molecule has 0 aliphatic carbocycles. The molecule has 0 fully saturated rings. The molecule has 118 valence electrons. The van der Waals surface area contributed by atoms with Crippen molar-refractivity contribution in [3.05, 3.63) is 66.8 Å². The predicted molar refractivity (Wildman–Crippen MR) is 88.3 cm³/mol. The Hall–Kier alpha value is -2.62. The largest absolute Gasteiger partial charge is 0.478 e. The molecule has 0 unspecified atom stereocenters. The van der Waals surface area contributed by atoms with Gasteiger partial charge in [-0.1, -0.05) is 68.5 Å². The Morgan fingerprint density at radius 3 is 2.41 bits per heavy atom. The third-order valence-corrected chi connectivity index (χ3v) is 2.35. The third-order valence-electron chi connectivity index (χ3n) is 2.35. The fraction of sp³-hybridized carbons (Fsp3) is 0.222. The first-order valence-electron chi connectivity index (χ1n) is 7.02. The van der Waals surface area contributed by atoms with E-state index >= 15 is 0 Å². The van der Waals surface area contributed by atoms with E-state index in [0.717, 1.165) is 24.5 Å². The van der Waals surface area contributed by atoms with Crippen LogP contribution in [0.2, 0.25) is 0 Å². The Kier molecular flexibility index (Phi) is 11.8. The number of benzene rings is 1. The van der Waals surface area contributed by atoms with Crippen LogP contribution in [0.1, 0.15) is 25.3 Å². The van der Waals surface area contributed by atoms with Crippen molar-refractivity contribution in [1.29, 1.82) is 0 Å². The summed E-state index contributed by atoms with van der Waals surface area (Å²) < 4.78 is 4.98. The molecule has 0 heterocycles. The van der Waals surface area contributed by atoms with Gasteiger partial charge in [0.05, 0.1) is 6.61 Å². The van der Waals surface area contributed by atoms with Crippen molar-refractivity contribution in [3.8, 4) is 0 Å². The molecular formula is C18H22O4. The number of unbranched alkanes of at least 4 members (excludes halogenated alkanes) is 1. The van der Waals surface area contributed by atoms with E-state index in [0.29, 0.717) is 6.61 Å². The fourth-order valence-electron chi connectivity index (χ4n) is 1.23. The number of carboxylic acid groups (broad SMARTS) is 1. The molecule has 0 amide bonds. The van der Waals surface area contributed by atoms with Gasteiger partial charge >= 0.3 is 11.9 Å². The number of rotatable bonds is 7. The summed E-state index contributed by atoms with van der Waals surface area (Å²) in [6, 6.07) is 9.93. The van der Waals surface area contributed by atoms with Crippen LogP contribution in [-0.4, -0.2) is 23.7 Å². The number of allylic oxidation sites excluding steroid dienone is 2. The summed E-state index contributed by atoms with van der Waals surface area (Å²) in [6.07, 6.45) is 9.69. The molecule has 1 aromatic rings. The van der Waals surface area contributed by atoms with Gasteiger partial charge in [-0.05, 0) is 12.0 Å². The fourth-order valence-corrected chi connectivity index (χ4v) is 1.23. The van der Waals surface area contributed by atoms with Gasteiger partial charge in [-0.15, -0.1) is 0 Å². The van der Waals surface area contributed by atoms with Crippen LogP contribution >= 0.6 is 0 Å². The summed E-state index contributed by atoms with van der Waals surface area (Å²) in [4.78, 5) is 20.4. The molecule has 0 atom stereocenters. The number of aliphatic carboxylic acids is 1. The smallest absolute Gasteiger partial charge is 0.330 e. The molecule has 0 bridgehead atoms. The van der Waals surface area contributed by atoms with Crippen molar-refractivity contribution in [1.82, 2.24) is 0 Å². The maximum Gasteiger partial charge on any atom is 0.330 e. The Balaban J connectivity index is 0.000000763. The van der Waals surface area contributed by atoms with E-state index in [1.165, 1.54) is 6.08 Å². The van der Waals surface area contributed by atoms with Gasteiger partial charge in [-0.2, -0.15) is 0 Å². The number of esters is 1. The van der Waals surface area contributed by atoms with Gasteiger partial charge in [0.25, 0.3) is 0 Å². The first kappa shape index (κ1) is 19.4. The SMILES string of the molecule is C=CC(=O)O.CCCCOC(=O)C=CC=Cc1ccccc1. The van der Waals surface area contributed by atoms with Gasteiger partial charge < -0.3 is 9.84 Å². The Morgan fingerprint density at radius 2 is 1.86 bits per heavy atom. The molecule has 0 spiro atoms. The summed E-state index contributed by atoms with van der Waals surface area (Å²) in [6.45, 7) is 5.52.